The fourth-order valence-electron chi connectivity index (χ4n) is 2.63. The van der Waals surface area contributed by atoms with Crippen LogP contribution in [0.15, 0.2) is 12.3 Å². The van der Waals surface area contributed by atoms with Crippen LogP contribution in [0.2, 0.25) is 0 Å². The summed E-state index contributed by atoms with van der Waals surface area (Å²) in [6, 6.07) is 1.59. The molecule has 0 radical (unpaired) electrons. The molecule has 1 aromatic heterocycles. The number of piperidine rings is 1. The lowest BCUT2D eigenvalue weighted by molar-refractivity contribution is -0.153. The van der Waals surface area contributed by atoms with E-state index in [1.807, 2.05) is 0 Å². The summed E-state index contributed by atoms with van der Waals surface area (Å²) in [4.78, 5) is 25.5. The minimum Gasteiger partial charge on any atom is -0.481 e. The van der Waals surface area contributed by atoms with Gasteiger partial charge in [0.25, 0.3) is 5.91 Å². The molecule has 1 atom stereocenters. The monoisotopic (exact) mass is 281 g/mol. The Morgan fingerprint density at radius 2 is 2.40 bits per heavy atom. The van der Waals surface area contributed by atoms with Crippen molar-refractivity contribution in [2.75, 3.05) is 26.8 Å². The van der Waals surface area contributed by atoms with Crippen LogP contribution in [0.25, 0.3) is 0 Å². The topological polar surface area (TPSA) is 95.5 Å². The second-order valence-electron chi connectivity index (χ2n) is 5.13. The maximum absolute atomic E-state index is 12.3. The Morgan fingerprint density at radius 1 is 1.60 bits per heavy atom. The summed E-state index contributed by atoms with van der Waals surface area (Å²) < 4.78 is 5.00. The molecule has 20 heavy (non-hydrogen) atoms. The molecule has 1 aliphatic heterocycles. The molecule has 1 saturated heterocycles. The number of aromatic nitrogens is 2. The van der Waals surface area contributed by atoms with Gasteiger partial charge in [-0.15, -0.1) is 0 Å². The minimum atomic E-state index is -0.913. The van der Waals surface area contributed by atoms with E-state index < -0.39 is 11.4 Å². The lowest BCUT2D eigenvalue weighted by atomic mass is 9.77. The first kappa shape index (κ1) is 14.5. The van der Waals surface area contributed by atoms with E-state index in [9.17, 15) is 14.7 Å². The number of H-pyrrole nitrogens is 1. The number of carboxylic acids is 1. The summed E-state index contributed by atoms with van der Waals surface area (Å²) in [6.07, 6.45) is 3.16. The van der Waals surface area contributed by atoms with Crippen molar-refractivity contribution in [2.24, 2.45) is 5.41 Å². The van der Waals surface area contributed by atoms with Crippen molar-refractivity contribution in [1.82, 2.24) is 15.1 Å². The molecule has 0 saturated carbocycles. The van der Waals surface area contributed by atoms with Gasteiger partial charge in [-0.25, -0.2) is 0 Å². The average Bonchev–Trinajstić information content (AvgIpc) is 2.98. The van der Waals surface area contributed by atoms with Gasteiger partial charge in [0.2, 0.25) is 0 Å². The summed E-state index contributed by atoms with van der Waals surface area (Å²) in [5, 5.41) is 15.9. The van der Waals surface area contributed by atoms with Gasteiger partial charge in [0.15, 0.2) is 0 Å². The van der Waals surface area contributed by atoms with Crippen LogP contribution < -0.4 is 0 Å². The van der Waals surface area contributed by atoms with Gasteiger partial charge in [-0.3, -0.25) is 14.7 Å². The first-order valence-corrected chi connectivity index (χ1v) is 6.60. The van der Waals surface area contributed by atoms with Crippen LogP contribution in [0.1, 0.15) is 29.8 Å². The maximum Gasteiger partial charge on any atom is 0.311 e. The number of hydrogen-bond donors (Lipinski definition) is 2. The Labute approximate surface area is 116 Å². The molecule has 0 spiro atoms. The number of aromatic amines is 1. The van der Waals surface area contributed by atoms with Gasteiger partial charge < -0.3 is 14.7 Å². The number of likely N-dealkylation sites (tertiary alicyclic amines) is 1. The zero-order valence-corrected chi connectivity index (χ0v) is 11.5. The van der Waals surface area contributed by atoms with Crippen molar-refractivity contribution in [3.8, 4) is 0 Å². The smallest absolute Gasteiger partial charge is 0.311 e. The molecule has 1 amide bonds. The molecule has 1 aromatic rings. The zero-order chi connectivity index (χ0) is 14.6. The van der Waals surface area contributed by atoms with Crippen molar-refractivity contribution >= 4 is 11.9 Å². The predicted octanol–water partition coefficient (Wildman–Crippen LogP) is 0.753. The van der Waals surface area contributed by atoms with Gasteiger partial charge in [-0.2, -0.15) is 5.10 Å². The molecule has 1 fully saturated rings. The summed E-state index contributed by atoms with van der Waals surface area (Å²) in [7, 11) is 1.55. The molecule has 2 N–H and O–H groups in total. The number of rotatable bonds is 5. The largest absolute Gasteiger partial charge is 0.481 e. The molecule has 2 heterocycles. The summed E-state index contributed by atoms with van der Waals surface area (Å²) in [5.41, 5.74) is -0.526. The molecular weight excluding hydrogens is 262 g/mol. The number of carbonyl (C=O) groups is 2. The highest BCUT2D eigenvalue weighted by molar-refractivity contribution is 5.92. The van der Waals surface area contributed by atoms with E-state index in [1.54, 1.807) is 18.1 Å². The Hall–Kier alpha value is -1.89. The third kappa shape index (κ3) is 2.82. The number of nitrogens with zero attached hydrogens (tertiary/aromatic N) is 2. The second kappa shape index (κ2) is 6.04. The van der Waals surface area contributed by atoms with E-state index in [4.69, 9.17) is 4.74 Å². The molecular formula is C13H19N3O4. The van der Waals surface area contributed by atoms with Crippen LogP contribution in [0.5, 0.6) is 0 Å². The summed E-state index contributed by atoms with van der Waals surface area (Å²) >= 11 is 0. The normalized spacial score (nSPS) is 22.8. The molecule has 7 heteroatoms. The van der Waals surface area contributed by atoms with Gasteiger partial charge in [0.05, 0.1) is 5.41 Å². The Balaban J connectivity index is 2.13. The Morgan fingerprint density at radius 3 is 3.00 bits per heavy atom. The third-order valence-corrected chi connectivity index (χ3v) is 3.83. The highest BCUT2D eigenvalue weighted by atomic mass is 16.5. The molecule has 1 unspecified atom stereocenters. The molecule has 7 nitrogen and oxygen atoms in total. The fourth-order valence-corrected chi connectivity index (χ4v) is 2.63. The number of nitrogens with one attached hydrogen (secondary N) is 1. The number of aliphatic carboxylic acids is 1. The first-order chi connectivity index (χ1) is 9.59. The number of amides is 1. The molecule has 2 rings (SSSR count). The van der Waals surface area contributed by atoms with Crippen LogP contribution >= 0.6 is 0 Å². The number of hydrogen-bond acceptors (Lipinski definition) is 4. The average molecular weight is 281 g/mol. The number of ether oxygens (including phenoxy) is 1. The van der Waals surface area contributed by atoms with Gasteiger partial charge in [-0.05, 0) is 25.3 Å². The van der Waals surface area contributed by atoms with Crippen molar-refractivity contribution in [1.29, 1.82) is 0 Å². The highest BCUT2D eigenvalue weighted by Gasteiger charge is 2.43. The molecule has 0 aromatic carbocycles. The van der Waals surface area contributed by atoms with Crippen LogP contribution in [-0.2, 0) is 9.53 Å². The van der Waals surface area contributed by atoms with Crippen LogP contribution in [-0.4, -0.2) is 58.9 Å². The van der Waals surface area contributed by atoms with Gasteiger partial charge in [0.1, 0.15) is 5.69 Å². The van der Waals surface area contributed by atoms with Crippen molar-refractivity contribution < 1.29 is 19.4 Å². The standard InChI is InChI=1S/C13H19N3O4/c1-20-8-5-13(12(18)19)4-2-7-16(9-13)11(17)10-3-6-14-15-10/h3,6H,2,4-5,7-9H2,1H3,(H,14,15)(H,18,19). The van der Waals surface area contributed by atoms with Crippen molar-refractivity contribution in [2.45, 2.75) is 19.3 Å². The third-order valence-electron chi connectivity index (χ3n) is 3.83. The van der Waals surface area contributed by atoms with Crippen LogP contribution in [0, 0.1) is 5.41 Å². The molecule has 1 aliphatic rings. The lowest BCUT2D eigenvalue weighted by Gasteiger charge is -2.39. The molecule has 0 aliphatic carbocycles. The van der Waals surface area contributed by atoms with Crippen LogP contribution in [0.3, 0.4) is 0 Å². The number of carbonyl (C=O) groups excluding carboxylic acids is 1. The quantitative estimate of drug-likeness (QED) is 0.830. The minimum absolute atomic E-state index is 0.203. The lowest BCUT2D eigenvalue weighted by Crippen LogP contribution is -2.50. The van der Waals surface area contributed by atoms with E-state index in [0.29, 0.717) is 38.1 Å². The summed E-state index contributed by atoms with van der Waals surface area (Å²) in [5.74, 6) is -1.07. The number of methoxy groups -OCH3 is 1. The van der Waals surface area contributed by atoms with E-state index >= 15 is 0 Å². The second-order valence-corrected chi connectivity index (χ2v) is 5.13. The van der Waals surface area contributed by atoms with Gasteiger partial charge in [-0.1, -0.05) is 0 Å². The first-order valence-electron chi connectivity index (χ1n) is 6.60. The Kier molecular flexibility index (Phi) is 4.39. The van der Waals surface area contributed by atoms with Gasteiger partial charge in [0, 0.05) is 33.0 Å². The van der Waals surface area contributed by atoms with Gasteiger partial charge >= 0.3 is 5.97 Å². The maximum atomic E-state index is 12.3. The SMILES string of the molecule is COCCC1(C(=O)O)CCCN(C(=O)c2ccn[nH]2)C1. The van der Waals surface area contributed by atoms with Crippen LogP contribution in [0.4, 0.5) is 0 Å². The fraction of sp³-hybridized carbons (Fsp3) is 0.615. The van der Waals surface area contributed by atoms with Crippen molar-refractivity contribution in [3.05, 3.63) is 18.0 Å². The van der Waals surface area contributed by atoms with E-state index in [-0.39, 0.29) is 12.5 Å². The summed E-state index contributed by atoms with van der Waals surface area (Å²) in [6.45, 7) is 1.15. The Bertz CT molecular complexity index is 474. The molecule has 0 bridgehead atoms. The zero-order valence-electron chi connectivity index (χ0n) is 11.5. The highest BCUT2D eigenvalue weighted by Crippen LogP contribution is 2.34. The van der Waals surface area contributed by atoms with E-state index in [0.717, 1.165) is 0 Å². The van der Waals surface area contributed by atoms with E-state index in [2.05, 4.69) is 10.2 Å². The van der Waals surface area contributed by atoms with E-state index in [1.165, 1.54) is 6.20 Å². The predicted molar refractivity (Wildman–Crippen MR) is 70.3 cm³/mol. The van der Waals surface area contributed by atoms with Crippen molar-refractivity contribution in [3.63, 3.8) is 0 Å². The number of carboxylic acid groups (broad SMARTS) is 1. The molecule has 110 valence electrons.